The molecule has 128 valence electrons. The van der Waals surface area contributed by atoms with Crippen LogP contribution in [0.15, 0.2) is 30.3 Å². The number of rotatable bonds is 7. The molecule has 3 nitrogen and oxygen atoms in total. The van der Waals surface area contributed by atoms with Crippen molar-refractivity contribution in [1.82, 2.24) is 0 Å². The molecule has 0 radical (unpaired) electrons. The van der Waals surface area contributed by atoms with Gasteiger partial charge in [0, 0.05) is 6.42 Å². The Morgan fingerprint density at radius 2 is 1.83 bits per heavy atom. The van der Waals surface area contributed by atoms with Crippen LogP contribution in [0.4, 0.5) is 4.39 Å². The van der Waals surface area contributed by atoms with Gasteiger partial charge in [0.15, 0.2) is 8.32 Å². The summed E-state index contributed by atoms with van der Waals surface area (Å²) in [5, 5.41) is 8.90. The SMILES string of the molecule is CC(C)(C)[Si](C)(C)OCC(=CCCC(=O)O)c1ccc(F)cc1. The van der Waals surface area contributed by atoms with Gasteiger partial charge in [0.25, 0.3) is 0 Å². The standard InChI is InChI=1S/C18H27FO3Si/c1-18(2,3)23(4,5)22-13-15(7-6-8-17(20)21)14-9-11-16(19)12-10-14/h7,9-12H,6,8,13H2,1-5H3,(H,20,21). The van der Waals surface area contributed by atoms with Crippen LogP contribution in [0.1, 0.15) is 39.2 Å². The van der Waals surface area contributed by atoms with Gasteiger partial charge in [-0.15, -0.1) is 0 Å². The van der Waals surface area contributed by atoms with E-state index < -0.39 is 14.3 Å². The molecular formula is C18H27FO3Si. The first-order valence-corrected chi connectivity index (χ1v) is 10.7. The Hall–Kier alpha value is -1.46. The van der Waals surface area contributed by atoms with Gasteiger partial charge in [0.1, 0.15) is 5.82 Å². The number of carboxylic acids is 1. The summed E-state index contributed by atoms with van der Waals surface area (Å²) >= 11 is 0. The maximum atomic E-state index is 13.1. The summed E-state index contributed by atoms with van der Waals surface area (Å²) in [6, 6.07) is 6.23. The molecule has 0 amide bonds. The van der Waals surface area contributed by atoms with Gasteiger partial charge in [-0.05, 0) is 47.8 Å². The molecule has 0 bridgehead atoms. The van der Waals surface area contributed by atoms with E-state index in [1.807, 2.05) is 6.08 Å². The maximum Gasteiger partial charge on any atom is 0.303 e. The summed E-state index contributed by atoms with van der Waals surface area (Å²) in [6.45, 7) is 11.3. The van der Waals surface area contributed by atoms with Gasteiger partial charge >= 0.3 is 5.97 Å². The van der Waals surface area contributed by atoms with Crippen LogP contribution in [-0.4, -0.2) is 26.0 Å². The number of benzene rings is 1. The molecule has 1 aromatic rings. The van der Waals surface area contributed by atoms with Crippen LogP contribution in [0, 0.1) is 5.82 Å². The minimum Gasteiger partial charge on any atom is -0.481 e. The Kier molecular flexibility index (Phi) is 6.71. The summed E-state index contributed by atoms with van der Waals surface area (Å²) in [5.41, 5.74) is 1.78. The largest absolute Gasteiger partial charge is 0.481 e. The minimum absolute atomic E-state index is 0.0742. The van der Waals surface area contributed by atoms with E-state index in [1.165, 1.54) is 12.1 Å². The van der Waals surface area contributed by atoms with Crippen LogP contribution in [0.2, 0.25) is 18.1 Å². The van der Waals surface area contributed by atoms with E-state index in [1.54, 1.807) is 12.1 Å². The van der Waals surface area contributed by atoms with Crippen LogP contribution in [-0.2, 0) is 9.22 Å². The smallest absolute Gasteiger partial charge is 0.303 e. The Bertz CT molecular complexity index is 557. The third-order valence-electron chi connectivity index (χ3n) is 4.36. The molecule has 1 N–H and O–H groups in total. The Morgan fingerprint density at radius 1 is 1.26 bits per heavy atom. The molecule has 0 heterocycles. The lowest BCUT2D eigenvalue weighted by molar-refractivity contribution is -0.136. The molecule has 0 fully saturated rings. The van der Waals surface area contributed by atoms with Crippen molar-refractivity contribution in [2.75, 3.05) is 6.61 Å². The van der Waals surface area contributed by atoms with E-state index in [2.05, 4.69) is 33.9 Å². The summed E-state index contributed by atoms with van der Waals surface area (Å²) in [4.78, 5) is 10.7. The lowest BCUT2D eigenvalue weighted by Crippen LogP contribution is -2.41. The molecule has 23 heavy (non-hydrogen) atoms. The molecular weight excluding hydrogens is 311 g/mol. The van der Waals surface area contributed by atoms with Gasteiger partial charge in [0.2, 0.25) is 0 Å². The van der Waals surface area contributed by atoms with E-state index in [4.69, 9.17) is 9.53 Å². The number of carboxylic acid groups (broad SMARTS) is 1. The highest BCUT2D eigenvalue weighted by Crippen LogP contribution is 2.37. The number of hydrogen-bond donors (Lipinski definition) is 1. The van der Waals surface area contributed by atoms with E-state index in [0.29, 0.717) is 13.0 Å². The molecule has 5 heteroatoms. The van der Waals surface area contributed by atoms with Crippen LogP contribution in [0.5, 0.6) is 0 Å². The zero-order valence-corrected chi connectivity index (χ0v) is 15.6. The fourth-order valence-corrected chi connectivity index (χ4v) is 2.72. The molecule has 0 aliphatic heterocycles. The van der Waals surface area contributed by atoms with Crippen molar-refractivity contribution in [3.8, 4) is 0 Å². The molecule has 1 aromatic carbocycles. The van der Waals surface area contributed by atoms with Gasteiger partial charge in [-0.3, -0.25) is 4.79 Å². The normalized spacial score (nSPS) is 13.2. The highest BCUT2D eigenvalue weighted by Gasteiger charge is 2.37. The Morgan fingerprint density at radius 3 is 2.30 bits per heavy atom. The second kappa shape index (κ2) is 7.88. The zero-order chi connectivity index (χ0) is 17.7. The van der Waals surface area contributed by atoms with Gasteiger partial charge in [-0.25, -0.2) is 4.39 Å². The van der Waals surface area contributed by atoms with E-state index in [0.717, 1.165) is 11.1 Å². The predicted octanol–water partition coefficient (Wildman–Crippen LogP) is 5.10. The molecule has 0 aromatic heterocycles. The predicted molar refractivity (Wildman–Crippen MR) is 94.4 cm³/mol. The Labute approximate surface area is 139 Å². The average Bonchev–Trinajstić information content (AvgIpc) is 2.42. The lowest BCUT2D eigenvalue weighted by Gasteiger charge is -2.36. The van der Waals surface area contributed by atoms with Gasteiger partial charge in [0.05, 0.1) is 6.61 Å². The summed E-state index contributed by atoms with van der Waals surface area (Å²) in [7, 11) is -1.90. The fraction of sp³-hybridized carbons (Fsp3) is 0.500. The van der Waals surface area contributed by atoms with E-state index in [9.17, 15) is 9.18 Å². The van der Waals surface area contributed by atoms with Crippen molar-refractivity contribution in [3.05, 3.63) is 41.7 Å². The number of aliphatic carboxylic acids is 1. The zero-order valence-electron chi connectivity index (χ0n) is 14.6. The fourth-order valence-electron chi connectivity index (χ4n) is 1.77. The first-order chi connectivity index (χ1) is 10.5. The molecule has 0 unspecified atom stereocenters. The molecule has 0 spiro atoms. The van der Waals surface area contributed by atoms with Crippen molar-refractivity contribution in [2.24, 2.45) is 0 Å². The molecule has 0 aliphatic rings. The lowest BCUT2D eigenvalue weighted by atomic mass is 10.0. The molecule has 0 atom stereocenters. The van der Waals surface area contributed by atoms with Crippen molar-refractivity contribution in [2.45, 2.75) is 51.7 Å². The highest BCUT2D eigenvalue weighted by molar-refractivity contribution is 6.74. The van der Waals surface area contributed by atoms with Crippen molar-refractivity contribution >= 4 is 19.9 Å². The minimum atomic E-state index is -1.90. The third kappa shape index (κ3) is 6.27. The number of halogens is 1. The van der Waals surface area contributed by atoms with Crippen molar-refractivity contribution in [1.29, 1.82) is 0 Å². The van der Waals surface area contributed by atoms with Crippen LogP contribution in [0.3, 0.4) is 0 Å². The number of carbonyl (C=O) groups is 1. The molecule has 0 saturated heterocycles. The summed E-state index contributed by atoms with van der Waals surface area (Å²) < 4.78 is 19.3. The quantitative estimate of drug-likeness (QED) is 0.704. The topological polar surface area (TPSA) is 46.5 Å². The second-order valence-corrected chi connectivity index (χ2v) is 12.0. The second-order valence-electron chi connectivity index (χ2n) is 7.22. The van der Waals surface area contributed by atoms with Crippen LogP contribution >= 0.6 is 0 Å². The Balaban J connectivity index is 2.92. The number of allylic oxidation sites excluding steroid dienone is 1. The van der Waals surface area contributed by atoms with Gasteiger partial charge < -0.3 is 9.53 Å². The molecule has 0 aliphatic carbocycles. The molecule has 1 rings (SSSR count). The van der Waals surface area contributed by atoms with Crippen LogP contribution < -0.4 is 0 Å². The van der Waals surface area contributed by atoms with Crippen LogP contribution in [0.25, 0.3) is 5.57 Å². The first kappa shape index (κ1) is 19.6. The van der Waals surface area contributed by atoms with Crippen molar-refractivity contribution in [3.63, 3.8) is 0 Å². The highest BCUT2D eigenvalue weighted by atomic mass is 28.4. The molecule has 0 saturated carbocycles. The van der Waals surface area contributed by atoms with E-state index in [-0.39, 0.29) is 17.3 Å². The van der Waals surface area contributed by atoms with Crippen molar-refractivity contribution < 1.29 is 18.7 Å². The third-order valence-corrected chi connectivity index (χ3v) is 8.84. The van der Waals surface area contributed by atoms with Gasteiger partial charge in [-0.1, -0.05) is 39.0 Å². The van der Waals surface area contributed by atoms with E-state index >= 15 is 0 Å². The monoisotopic (exact) mass is 338 g/mol. The summed E-state index contributed by atoms with van der Waals surface area (Å²) in [6.07, 6.45) is 2.39. The summed E-state index contributed by atoms with van der Waals surface area (Å²) in [5.74, 6) is -1.12. The number of hydrogen-bond acceptors (Lipinski definition) is 2. The first-order valence-electron chi connectivity index (χ1n) is 7.83. The average molecular weight is 338 g/mol. The maximum absolute atomic E-state index is 13.1. The van der Waals surface area contributed by atoms with Gasteiger partial charge in [-0.2, -0.15) is 0 Å².